The second-order valence-corrected chi connectivity index (χ2v) is 11.3. The quantitative estimate of drug-likeness (QED) is 0.146. The lowest BCUT2D eigenvalue weighted by Gasteiger charge is -2.15. The zero-order valence-corrected chi connectivity index (χ0v) is 24.1. The number of hydrogen-bond acceptors (Lipinski definition) is 10. The standard InChI is InChI=1S/C30H26N4O6S2/c1-2-39-22-12-8-18(9-13-22)24-17-41-30(32-24)33-26(35)16-40-29(38)19-6-10-21(11-7-19)34-27(36)15-25(28(34)37)42-23-5-3-4-20(31)14-23/h3-14,17,25H,2,15-16,31H2,1H3,(H,32,33,35). The first-order chi connectivity index (χ1) is 20.3. The minimum Gasteiger partial charge on any atom is -0.494 e. The van der Waals surface area contributed by atoms with Gasteiger partial charge in [0.25, 0.3) is 5.91 Å². The lowest BCUT2D eigenvalue weighted by molar-refractivity contribution is -0.121. The zero-order chi connectivity index (χ0) is 29.6. The molecule has 1 atom stereocenters. The van der Waals surface area contributed by atoms with E-state index in [0.29, 0.717) is 28.8 Å². The van der Waals surface area contributed by atoms with Crippen LogP contribution < -0.4 is 20.7 Å². The average molecular weight is 603 g/mol. The molecule has 10 nitrogen and oxygen atoms in total. The largest absolute Gasteiger partial charge is 0.494 e. The fraction of sp³-hybridized carbons (Fsp3) is 0.167. The highest BCUT2D eigenvalue weighted by atomic mass is 32.2. The highest BCUT2D eigenvalue weighted by Crippen LogP contribution is 2.34. The molecule has 1 aliphatic heterocycles. The van der Waals surface area contributed by atoms with Crippen molar-refractivity contribution in [1.82, 2.24) is 4.98 Å². The number of imide groups is 1. The highest BCUT2D eigenvalue weighted by molar-refractivity contribution is 8.00. The molecular weight excluding hydrogens is 576 g/mol. The summed E-state index contributed by atoms with van der Waals surface area (Å²) in [5.41, 5.74) is 8.48. The molecule has 1 aliphatic rings. The van der Waals surface area contributed by atoms with Crippen LogP contribution in [-0.2, 0) is 19.1 Å². The van der Waals surface area contributed by atoms with Crippen LogP contribution in [0, 0.1) is 0 Å². The molecule has 2 heterocycles. The van der Waals surface area contributed by atoms with Gasteiger partial charge >= 0.3 is 5.97 Å². The summed E-state index contributed by atoms with van der Waals surface area (Å²) >= 11 is 2.53. The molecule has 1 saturated heterocycles. The summed E-state index contributed by atoms with van der Waals surface area (Å²) in [6, 6.07) is 20.5. The number of thioether (sulfide) groups is 1. The number of ether oxygens (including phenoxy) is 2. The van der Waals surface area contributed by atoms with Crippen molar-refractivity contribution in [3.8, 4) is 17.0 Å². The average Bonchev–Trinajstić information content (AvgIpc) is 3.55. The van der Waals surface area contributed by atoms with Gasteiger partial charge in [-0.2, -0.15) is 0 Å². The Kier molecular flexibility index (Phi) is 8.84. The van der Waals surface area contributed by atoms with Crippen LogP contribution >= 0.6 is 23.1 Å². The molecule has 42 heavy (non-hydrogen) atoms. The number of carbonyl (C=O) groups is 4. The van der Waals surface area contributed by atoms with E-state index in [4.69, 9.17) is 15.2 Å². The zero-order valence-electron chi connectivity index (χ0n) is 22.4. The molecule has 1 aromatic heterocycles. The minimum atomic E-state index is -0.722. The predicted octanol–water partition coefficient (Wildman–Crippen LogP) is 5.01. The third-order valence-electron chi connectivity index (χ3n) is 6.15. The molecule has 5 rings (SSSR count). The van der Waals surface area contributed by atoms with Gasteiger partial charge in [-0.25, -0.2) is 14.7 Å². The Morgan fingerprint density at radius 1 is 1.10 bits per heavy atom. The molecule has 1 unspecified atom stereocenters. The van der Waals surface area contributed by atoms with Crippen LogP contribution in [0.1, 0.15) is 23.7 Å². The summed E-state index contributed by atoms with van der Waals surface area (Å²) in [6.45, 7) is 1.98. The van der Waals surface area contributed by atoms with Crippen molar-refractivity contribution in [2.24, 2.45) is 0 Å². The fourth-order valence-electron chi connectivity index (χ4n) is 4.19. The molecule has 0 radical (unpaired) electrons. The van der Waals surface area contributed by atoms with Gasteiger partial charge in [-0.15, -0.1) is 23.1 Å². The molecule has 3 aromatic carbocycles. The molecule has 0 bridgehead atoms. The van der Waals surface area contributed by atoms with E-state index in [2.05, 4.69) is 10.3 Å². The predicted molar refractivity (Wildman–Crippen MR) is 162 cm³/mol. The highest BCUT2D eigenvalue weighted by Gasteiger charge is 2.40. The van der Waals surface area contributed by atoms with Gasteiger partial charge in [0.1, 0.15) is 5.75 Å². The van der Waals surface area contributed by atoms with Crippen LogP contribution in [0.25, 0.3) is 11.3 Å². The van der Waals surface area contributed by atoms with E-state index in [1.165, 1.54) is 47.4 Å². The second-order valence-electron chi connectivity index (χ2n) is 9.12. The Morgan fingerprint density at radius 2 is 1.86 bits per heavy atom. The van der Waals surface area contributed by atoms with E-state index in [9.17, 15) is 19.2 Å². The number of esters is 1. The molecule has 214 valence electrons. The molecule has 4 aromatic rings. The van der Waals surface area contributed by atoms with Gasteiger partial charge < -0.3 is 15.2 Å². The summed E-state index contributed by atoms with van der Waals surface area (Å²) in [5, 5.41) is 4.24. The van der Waals surface area contributed by atoms with Crippen LogP contribution in [0.5, 0.6) is 5.75 Å². The number of nitrogen functional groups attached to an aromatic ring is 1. The molecule has 3 N–H and O–H groups in total. The lowest BCUT2D eigenvalue weighted by atomic mass is 10.2. The number of aromatic nitrogens is 1. The van der Waals surface area contributed by atoms with E-state index in [0.717, 1.165) is 21.1 Å². The Labute approximate surface area is 249 Å². The van der Waals surface area contributed by atoms with Crippen molar-refractivity contribution in [3.05, 3.63) is 83.7 Å². The maximum atomic E-state index is 13.0. The smallest absolute Gasteiger partial charge is 0.338 e. The van der Waals surface area contributed by atoms with Crippen LogP contribution in [0.2, 0.25) is 0 Å². The molecule has 0 spiro atoms. The monoisotopic (exact) mass is 602 g/mol. The number of hydrogen-bond donors (Lipinski definition) is 2. The van der Waals surface area contributed by atoms with Crippen LogP contribution in [0.3, 0.4) is 0 Å². The minimum absolute atomic E-state index is 0.0536. The second kappa shape index (κ2) is 12.9. The number of amides is 3. The van der Waals surface area contributed by atoms with Crippen molar-refractivity contribution >= 4 is 63.3 Å². The van der Waals surface area contributed by atoms with Crippen LogP contribution in [-0.4, -0.2) is 47.1 Å². The number of carbonyl (C=O) groups excluding carboxylic acids is 4. The third kappa shape index (κ3) is 6.78. The number of thiazole rings is 1. The van der Waals surface area contributed by atoms with Gasteiger partial charge in [0, 0.05) is 27.9 Å². The molecular formula is C30H26N4O6S2. The number of benzene rings is 3. The Hall–Kier alpha value is -4.68. The first kappa shape index (κ1) is 28.8. The Balaban J connectivity index is 1.13. The van der Waals surface area contributed by atoms with Gasteiger partial charge in [-0.3, -0.25) is 19.7 Å². The van der Waals surface area contributed by atoms with E-state index in [1.54, 1.807) is 18.2 Å². The van der Waals surface area contributed by atoms with Crippen molar-refractivity contribution in [1.29, 1.82) is 0 Å². The number of nitrogens with two attached hydrogens (primary N) is 1. The fourth-order valence-corrected chi connectivity index (χ4v) is 6.05. The van der Waals surface area contributed by atoms with Crippen molar-refractivity contribution in [2.45, 2.75) is 23.5 Å². The first-order valence-electron chi connectivity index (χ1n) is 13.0. The molecule has 3 amide bonds. The Bertz CT molecular complexity index is 1620. The number of nitrogens with zero attached hydrogens (tertiary/aromatic N) is 2. The maximum absolute atomic E-state index is 13.0. The van der Waals surface area contributed by atoms with Gasteiger partial charge in [0.15, 0.2) is 11.7 Å². The van der Waals surface area contributed by atoms with E-state index in [1.807, 2.05) is 42.6 Å². The van der Waals surface area contributed by atoms with Crippen molar-refractivity contribution in [2.75, 3.05) is 29.2 Å². The van der Waals surface area contributed by atoms with Crippen molar-refractivity contribution < 1.29 is 28.7 Å². The lowest BCUT2D eigenvalue weighted by Crippen LogP contribution is -2.31. The normalized spacial score (nSPS) is 14.6. The van der Waals surface area contributed by atoms with E-state index < -0.39 is 23.7 Å². The SMILES string of the molecule is CCOc1ccc(-c2csc(NC(=O)COC(=O)c3ccc(N4C(=O)CC(Sc5cccc(N)c5)C4=O)cc3)n2)cc1. The summed E-state index contributed by atoms with van der Waals surface area (Å²) in [4.78, 5) is 56.8. The number of rotatable bonds is 10. The van der Waals surface area contributed by atoms with E-state index in [-0.39, 0.29) is 23.8 Å². The van der Waals surface area contributed by atoms with Gasteiger partial charge in [0.05, 0.1) is 28.8 Å². The maximum Gasteiger partial charge on any atom is 0.338 e. The van der Waals surface area contributed by atoms with Gasteiger partial charge in [-0.05, 0) is 73.7 Å². The van der Waals surface area contributed by atoms with Crippen LogP contribution in [0.15, 0.2) is 83.1 Å². The topological polar surface area (TPSA) is 141 Å². The van der Waals surface area contributed by atoms with Gasteiger partial charge in [0.2, 0.25) is 11.8 Å². The van der Waals surface area contributed by atoms with Crippen molar-refractivity contribution in [3.63, 3.8) is 0 Å². The molecule has 0 aliphatic carbocycles. The number of nitrogens with one attached hydrogen (secondary N) is 1. The number of anilines is 3. The molecule has 12 heteroatoms. The summed E-state index contributed by atoms with van der Waals surface area (Å²) in [7, 11) is 0. The van der Waals surface area contributed by atoms with Crippen LogP contribution in [0.4, 0.5) is 16.5 Å². The molecule has 1 fully saturated rings. The summed E-state index contributed by atoms with van der Waals surface area (Å²) in [6.07, 6.45) is 0.0536. The third-order valence-corrected chi connectivity index (χ3v) is 8.09. The Morgan fingerprint density at radius 3 is 2.57 bits per heavy atom. The summed E-state index contributed by atoms with van der Waals surface area (Å²) < 4.78 is 10.6. The van der Waals surface area contributed by atoms with E-state index >= 15 is 0 Å². The first-order valence-corrected chi connectivity index (χ1v) is 14.7. The van der Waals surface area contributed by atoms with Gasteiger partial charge in [-0.1, -0.05) is 6.07 Å². The summed E-state index contributed by atoms with van der Waals surface area (Å²) in [5.74, 6) is -1.17. The molecule has 0 saturated carbocycles.